The molecule has 2 heteroatoms. The number of phenols is 1. The Bertz CT molecular complexity index is 329. The molecule has 1 aliphatic rings. The molecule has 13 heavy (non-hydrogen) atoms. The third-order valence-corrected chi connectivity index (χ3v) is 2.84. The van der Waals surface area contributed by atoms with E-state index in [1.807, 2.05) is 13.0 Å². The Labute approximate surface area is 78.6 Å². The van der Waals surface area contributed by atoms with Crippen LogP contribution in [0.1, 0.15) is 29.2 Å². The van der Waals surface area contributed by atoms with Gasteiger partial charge in [-0.1, -0.05) is 6.07 Å². The lowest BCUT2D eigenvalue weighted by molar-refractivity contribution is 0.364. The number of hydrogen-bond acceptors (Lipinski definition) is 2. The van der Waals surface area contributed by atoms with Crippen molar-refractivity contribution >= 4 is 0 Å². The molecule has 2 N–H and O–H groups in total. The first-order valence-corrected chi connectivity index (χ1v) is 4.72. The van der Waals surface area contributed by atoms with Gasteiger partial charge in [0.15, 0.2) is 0 Å². The number of benzene rings is 1. The van der Waals surface area contributed by atoms with Gasteiger partial charge in [-0.2, -0.15) is 0 Å². The lowest BCUT2D eigenvalue weighted by Gasteiger charge is -2.29. The van der Waals surface area contributed by atoms with E-state index >= 15 is 0 Å². The zero-order valence-corrected chi connectivity index (χ0v) is 8.09. The summed E-state index contributed by atoms with van der Waals surface area (Å²) in [7, 11) is 0. The van der Waals surface area contributed by atoms with Gasteiger partial charge in [0, 0.05) is 11.6 Å². The van der Waals surface area contributed by atoms with E-state index in [0.29, 0.717) is 11.8 Å². The van der Waals surface area contributed by atoms with Gasteiger partial charge in [-0.3, -0.25) is 0 Å². The Kier molecular flexibility index (Phi) is 2.00. The van der Waals surface area contributed by atoms with Gasteiger partial charge in [0.1, 0.15) is 5.75 Å². The molecular formula is C11H15NO. The molecule has 1 heterocycles. The van der Waals surface area contributed by atoms with Crippen molar-refractivity contribution in [2.45, 2.75) is 26.3 Å². The van der Waals surface area contributed by atoms with Crippen molar-refractivity contribution in [3.05, 3.63) is 28.8 Å². The molecule has 0 bridgehead atoms. The maximum Gasteiger partial charge on any atom is 0.120 e. The Hall–Kier alpha value is -1.02. The number of phenolic OH excluding ortho intramolecular Hbond substituents is 1. The summed E-state index contributed by atoms with van der Waals surface area (Å²) in [6.07, 6.45) is 1.13. The van der Waals surface area contributed by atoms with E-state index in [1.54, 1.807) is 0 Å². The Morgan fingerprint density at radius 2 is 1.92 bits per heavy atom. The van der Waals surface area contributed by atoms with Crippen LogP contribution >= 0.6 is 0 Å². The largest absolute Gasteiger partial charge is 0.508 e. The van der Waals surface area contributed by atoms with Crippen LogP contribution in [0.25, 0.3) is 0 Å². The molecule has 70 valence electrons. The number of nitrogens with one attached hydrogen (secondary N) is 1. The molecule has 0 amide bonds. The number of hydrogen-bond donors (Lipinski definition) is 2. The predicted molar refractivity (Wildman–Crippen MR) is 52.9 cm³/mol. The van der Waals surface area contributed by atoms with Crippen molar-refractivity contribution in [1.82, 2.24) is 5.32 Å². The molecule has 1 aliphatic heterocycles. The topological polar surface area (TPSA) is 32.3 Å². The fraction of sp³-hybridized carbons (Fsp3) is 0.455. The van der Waals surface area contributed by atoms with Crippen LogP contribution in [-0.4, -0.2) is 11.7 Å². The van der Waals surface area contributed by atoms with Gasteiger partial charge < -0.3 is 10.4 Å². The summed E-state index contributed by atoms with van der Waals surface area (Å²) in [5, 5.41) is 13.0. The van der Waals surface area contributed by atoms with Crippen LogP contribution in [-0.2, 0) is 0 Å². The Morgan fingerprint density at radius 1 is 1.31 bits per heavy atom. The van der Waals surface area contributed by atoms with Gasteiger partial charge in [0.2, 0.25) is 0 Å². The number of rotatable bonds is 1. The SMILES string of the molecule is Cc1cc(O)c(C2CCN2)cc1C. The number of aryl methyl sites for hydroxylation is 2. The average Bonchev–Trinajstić information content (AvgIpc) is 1.96. The molecule has 1 atom stereocenters. The third kappa shape index (κ3) is 1.42. The monoisotopic (exact) mass is 177 g/mol. The van der Waals surface area contributed by atoms with Crippen LogP contribution in [0.2, 0.25) is 0 Å². The number of aromatic hydroxyl groups is 1. The fourth-order valence-electron chi connectivity index (χ4n) is 1.66. The smallest absolute Gasteiger partial charge is 0.120 e. The quantitative estimate of drug-likeness (QED) is 0.688. The molecule has 1 unspecified atom stereocenters. The summed E-state index contributed by atoms with van der Waals surface area (Å²) in [5.41, 5.74) is 3.46. The molecule has 0 spiro atoms. The van der Waals surface area contributed by atoms with Gasteiger partial charge in [0.25, 0.3) is 0 Å². The second-order valence-corrected chi connectivity index (χ2v) is 3.79. The first kappa shape index (κ1) is 8.57. The minimum atomic E-state index is 0.374. The highest BCUT2D eigenvalue weighted by Gasteiger charge is 2.21. The van der Waals surface area contributed by atoms with E-state index in [-0.39, 0.29) is 0 Å². The summed E-state index contributed by atoms with van der Waals surface area (Å²) < 4.78 is 0. The van der Waals surface area contributed by atoms with E-state index in [4.69, 9.17) is 0 Å². The first-order valence-electron chi connectivity index (χ1n) is 4.72. The second-order valence-electron chi connectivity index (χ2n) is 3.79. The first-order chi connectivity index (χ1) is 6.18. The third-order valence-electron chi connectivity index (χ3n) is 2.84. The van der Waals surface area contributed by atoms with Crippen LogP contribution in [0.15, 0.2) is 12.1 Å². The molecule has 0 aromatic heterocycles. The summed E-state index contributed by atoms with van der Waals surface area (Å²) in [6.45, 7) is 5.17. The molecule has 0 saturated carbocycles. The standard InChI is InChI=1S/C11H15NO/c1-7-5-9(10-3-4-12-10)11(13)6-8(7)2/h5-6,10,12-13H,3-4H2,1-2H3. The summed E-state index contributed by atoms with van der Waals surface area (Å²) >= 11 is 0. The molecule has 2 nitrogen and oxygen atoms in total. The average molecular weight is 177 g/mol. The van der Waals surface area contributed by atoms with Crippen molar-refractivity contribution in [1.29, 1.82) is 0 Å². The fourth-order valence-corrected chi connectivity index (χ4v) is 1.66. The van der Waals surface area contributed by atoms with Crippen molar-refractivity contribution < 1.29 is 5.11 Å². The van der Waals surface area contributed by atoms with Gasteiger partial charge in [-0.25, -0.2) is 0 Å². The van der Waals surface area contributed by atoms with E-state index in [0.717, 1.165) is 24.1 Å². The van der Waals surface area contributed by atoms with Crippen LogP contribution in [0, 0.1) is 13.8 Å². The molecule has 1 aromatic rings. The van der Waals surface area contributed by atoms with E-state index in [2.05, 4.69) is 18.3 Å². The van der Waals surface area contributed by atoms with Crippen molar-refractivity contribution in [3.8, 4) is 5.75 Å². The van der Waals surface area contributed by atoms with Crippen LogP contribution in [0.5, 0.6) is 5.75 Å². The highest BCUT2D eigenvalue weighted by atomic mass is 16.3. The molecular weight excluding hydrogens is 162 g/mol. The zero-order valence-electron chi connectivity index (χ0n) is 8.09. The lowest BCUT2D eigenvalue weighted by Crippen LogP contribution is -2.35. The molecule has 1 aromatic carbocycles. The minimum Gasteiger partial charge on any atom is -0.508 e. The Balaban J connectivity index is 2.39. The lowest BCUT2D eigenvalue weighted by atomic mass is 9.94. The molecule has 2 rings (SSSR count). The van der Waals surface area contributed by atoms with Gasteiger partial charge >= 0.3 is 0 Å². The van der Waals surface area contributed by atoms with Crippen molar-refractivity contribution in [3.63, 3.8) is 0 Å². The molecule has 0 aliphatic carbocycles. The Morgan fingerprint density at radius 3 is 2.46 bits per heavy atom. The summed E-state index contributed by atoms with van der Waals surface area (Å²) in [5.74, 6) is 0.431. The van der Waals surface area contributed by atoms with E-state index in [1.165, 1.54) is 5.56 Å². The molecule has 1 saturated heterocycles. The molecule has 1 fully saturated rings. The maximum absolute atomic E-state index is 9.71. The van der Waals surface area contributed by atoms with Crippen molar-refractivity contribution in [2.75, 3.05) is 6.54 Å². The van der Waals surface area contributed by atoms with Crippen LogP contribution in [0.3, 0.4) is 0 Å². The predicted octanol–water partition coefficient (Wildman–Crippen LogP) is 2.04. The second kappa shape index (κ2) is 3.04. The van der Waals surface area contributed by atoms with Crippen molar-refractivity contribution in [2.24, 2.45) is 0 Å². The van der Waals surface area contributed by atoms with Gasteiger partial charge in [0.05, 0.1) is 0 Å². The highest BCUT2D eigenvalue weighted by molar-refractivity contribution is 5.43. The summed E-state index contributed by atoms with van der Waals surface area (Å²) in [4.78, 5) is 0. The van der Waals surface area contributed by atoms with E-state index < -0.39 is 0 Å². The van der Waals surface area contributed by atoms with Gasteiger partial charge in [-0.15, -0.1) is 0 Å². The zero-order chi connectivity index (χ0) is 9.42. The van der Waals surface area contributed by atoms with Crippen LogP contribution < -0.4 is 5.32 Å². The maximum atomic E-state index is 9.71. The normalized spacial score (nSPS) is 21.2. The van der Waals surface area contributed by atoms with E-state index in [9.17, 15) is 5.11 Å². The minimum absolute atomic E-state index is 0.374. The molecule has 0 radical (unpaired) electrons. The van der Waals surface area contributed by atoms with Gasteiger partial charge in [-0.05, 0) is 44.0 Å². The van der Waals surface area contributed by atoms with Crippen LogP contribution in [0.4, 0.5) is 0 Å². The summed E-state index contributed by atoms with van der Waals surface area (Å²) in [6, 6.07) is 4.31. The highest BCUT2D eigenvalue weighted by Crippen LogP contribution is 2.32.